The van der Waals surface area contributed by atoms with Gasteiger partial charge in [0.25, 0.3) is 0 Å². The average Bonchev–Trinajstić information content (AvgIpc) is 2.33. The van der Waals surface area contributed by atoms with E-state index in [2.05, 4.69) is 15.8 Å². The molecule has 0 aliphatic carbocycles. The summed E-state index contributed by atoms with van der Waals surface area (Å²) in [7, 11) is 0. The maximum atomic E-state index is 11.5. The average molecular weight is 303 g/mol. The zero-order chi connectivity index (χ0) is 16.3. The lowest BCUT2D eigenvalue weighted by Gasteiger charge is -2.22. The van der Waals surface area contributed by atoms with E-state index < -0.39 is 23.7 Å². The monoisotopic (exact) mass is 303 g/mol. The van der Waals surface area contributed by atoms with E-state index in [1.165, 1.54) is 6.34 Å². The van der Waals surface area contributed by atoms with Crippen LogP contribution in [0.3, 0.4) is 0 Å². The number of carbonyl (C=O) groups is 2. The van der Waals surface area contributed by atoms with Crippen molar-refractivity contribution in [1.29, 1.82) is 0 Å². The van der Waals surface area contributed by atoms with Gasteiger partial charge in [-0.1, -0.05) is 5.16 Å². The molecule has 0 aromatic heterocycles. The highest BCUT2D eigenvalue weighted by atomic mass is 16.6. The summed E-state index contributed by atoms with van der Waals surface area (Å²) >= 11 is 0. The van der Waals surface area contributed by atoms with Gasteiger partial charge in [0.2, 0.25) is 0 Å². The summed E-state index contributed by atoms with van der Waals surface area (Å²) in [5.74, 6) is -1.09. The van der Waals surface area contributed by atoms with Crippen molar-refractivity contribution in [1.82, 2.24) is 10.6 Å². The fraction of sp³-hybridized carbons (Fsp3) is 0.769. The fourth-order valence-electron chi connectivity index (χ4n) is 1.33. The zero-order valence-corrected chi connectivity index (χ0v) is 13.0. The number of carboxylic acids is 1. The van der Waals surface area contributed by atoms with E-state index in [0.717, 1.165) is 0 Å². The van der Waals surface area contributed by atoms with Gasteiger partial charge in [-0.3, -0.25) is 0 Å². The van der Waals surface area contributed by atoms with Gasteiger partial charge in [0.1, 0.15) is 24.6 Å². The molecule has 0 spiro atoms. The predicted molar refractivity (Wildman–Crippen MR) is 78.1 cm³/mol. The number of hydrogen-bond donors (Lipinski definition) is 3. The molecule has 0 aromatic rings. The molecule has 122 valence electrons. The van der Waals surface area contributed by atoms with Crippen LogP contribution in [-0.2, 0) is 14.4 Å². The number of rotatable bonds is 9. The van der Waals surface area contributed by atoms with Gasteiger partial charge in [0, 0.05) is 6.54 Å². The number of amides is 1. The first-order valence-corrected chi connectivity index (χ1v) is 6.85. The van der Waals surface area contributed by atoms with Crippen molar-refractivity contribution in [2.75, 3.05) is 13.2 Å². The minimum Gasteiger partial charge on any atom is -0.480 e. The molecule has 0 fully saturated rings. The van der Waals surface area contributed by atoms with E-state index in [9.17, 15) is 9.59 Å². The predicted octanol–water partition coefficient (Wildman–Crippen LogP) is 1.31. The molecule has 0 bridgehead atoms. The van der Waals surface area contributed by atoms with Crippen LogP contribution in [0.1, 0.15) is 40.5 Å². The van der Waals surface area contributed by atoms with E-state index in [-0.39, 0.29) is 6.42 Å². The Balaban J connectivity index is 4.03. The number of alkyl carbamates (subject to hydrolysis) is 1. The van der Waals surface area contributed by atoms with E-state index >= 15 is 0 Å². The summed E-state index contributed by atoms with van der Waals surface area (Å²) in [5.41, 5.74) is -0.662. The van der Waals surface area contributed by atoms with Crippen LogP contribution in [0.5, 0.6) is 0 Å². The lowest BCUT2D eigenvalue weighted by molar-refractivity contribution is -0.139. The highest BCUT2D eigenvalue weighted by molar-refractivity contribution is 5.79. The Morgan fingerprint density at radius 3 is 2.57 bits per heavy atom. The van der Waals surface area contributed by atoms with E-state index in [1.54, 1.807) is 20.8 Å². The van der Waals surface area contributed by atoms with Crippen LogP contribution in [0.15, 0.2) is 5.16 Å². The number of hydrogen-bond acceptors (Lipinski definition) is 5. The van der Waals surface area contributed by atoms with Gasteiger partial charge in [-0.15, -0.1) is 0 Å². The van der Waals surface area contributed by atoms with Gasteiger partial charge in [0.05, 0.1) is 0 Å². The summed E-state index contributed by atoms with van der Waals surface area (Å²) < 4.78 is 5.02. The molecule has 21 heavy (non-hydrogen) atoms. The molecule has 0 saturated heterocycles. The Morgan fingerprint density at radius 2 is 2.05 bits per heavy atom. The second-order valence-corrected chi connectivity index (χ2v) is 5.29. The number of carboxylic acid groups (broad SMARTS) is 1. The molecule has 0 aliphatic heterocycles. The van der Waals surface area contributed by atoms with Gasteiger partial charge in [-0.2, -0.15) is 0 Å². The van der Waals surface area contributed by atoms with E-state index in [1.807, 2.05) is 6.92 Å². The van der Waals surface area contributed by atoms with Crippen molar-refractivity contribution in [3.05, 3.63) is 0 Å². The zero-order valence-electron chi connectivity index (χ0n) is 13.0. The third kappa shape index (κ3) is 11.5. The quantitative estimate of drug-likeness (QED) is 0.256. The summed E-state index contributed by atoms with van der Waals surface area (Å²) in [4.78, 5) is 27.3. The molecule has 0 radical (unpaired) electrons. The number of carbonyl (C=O) groups excluding carboxylic acids is 1. The van der Waals surface area contributed by atoms with Gasteiger partial charge in [0.15, 0.2) is 0 Å². The van der Waals surface area contributed by atoms with Crippen LogP contribution >= 0.6 is 0 Å². The molecule has 0 rings (SSSR count). The van der Waals surface area contributed by atoms with Crippen molar-refractivity contribution >= 4 is 18.4 Å². The largest absolute Gasteiger partial charge is 0.480 e. The summed E-state index contributed by atoms with van der Waals surface area (Å²) in [6.45, 7) is 7.96. The Hall–Kier alpha value is -1.99. The Morgan fingerprint density at radius 1 is 1.38 bits per heavy atom. The minimum atomic E-state index is -1.09. The Kier molecular flexibility index (Phi) is 8.91. The van der Waals surface area contributed by atoms with Crippen LogP contribution in [0, 0.1) is 0 Å². The van der Waals surface area contributed by atoms with Gasteiger partial charge in [-0.25, -0.2) is 9.59 Å². The first kappa shape index (κ1) is 19.0. The van der Waals surface area contributed by atoms with Crippen LogP contribution in [0.4, 0.5) is 4.79 Å². The number of oxime groups is 1. The van der Waals surface area contributed by atoms with E-state index in [4.69, 9.17) is 14.7 Å². The smallest absolute Gasteiger partial charge is 0.408 e. The van der Waals surface area contributed by atoms with Crippen LogP contribution in [0.2, 0.25) is 0 Å². The van der Waals surface area contributed by atoms with Crippen molar-refractivity contribution < 1.29 is 24.3 Å². The molecule has 0 unspecified atom stereocenters. The standard InChI is InChI=1S/C13H25N3O5/c1-5-20-15-9-14-8-6-7-10(11(17)18)16-12(19)21-13(2,3)4/h9-10H,5-8H2,1-4H3,(H,14,15)(H,16,19)(H,17,18)/t10-/m0/s1. The second-order valence-electron chi connectivity index (χ2n) is 5.29. The lowest BCUT2D eigenvalue weighted by atomic mass is 10.1. The number of ether oxygens (including phenoxy) is 1. The molecule has 0 aromatic carbocycles. The van der Waals surface area contributed by atoms with Crippen LogP contribution < -0.4 is 10.6 Å². The maximum absolute atomic E-state index is 11.5. The van der Waals surface area contributed by atoms with Crippen molar-refractivity contribution in [2.45, 2.75) is 52.2 Å². The normalized spacial score (nSPS) is 12.8. The number of nitrogens with zero attached hydrogens (tertiary/aromatic N) is 1. The fourth-order valence-corrected chi connectivity index (χ4v) is 1.33. The van der Waals surface area contributed by atoms with Crippen LogP contribution in [0.25, 0.3) is 0 Å². The van der Waals surface area contributed by atoms with Gasteiger partial charge < -0.3 is 25.3 Å². The maximum Gasteiger partial charge on any atom is 0.408 e. The summed E-state index contributed by atoms with van der Waals surface area (Å²) in [6, 6.07) is -0.981. The molecule has 1 amide bonds. The Bertz CT molecular complexity index is 352. The minimum absolute atomic E-state index is 0.282. The Labute approximate surface area is 124 Å². The molecule has 0 heterocycles. The highest BCUT2D eigenvalue weighted by Crippen LogP contribution is 2.07. The SMILES string of the molecule is CCON=CNCCC[C@H](NC(=O)OC(C)(C)C)C(=O)O. The third-order valence-corrected chi connectivity index (χ3v) is 2.15. The molecular formula is C13H25N3O5. The number of nitrogens with one attached hydrogen (secondary N) is 2. The lowest BCUT2D eigenvalue weighted by Crippen LogP contribution is -2.43. The summed E-state index contributed by atoms with van der Waals surface area (Å²) in [6.07, 6.45) is 1.50. The van der Waals surface area contributed by atoms with Crippen LogP contribution in [-0.4, -0.2) is 48.3 Å². The number of aliphatic carboxylic acids is 1. The molecule has 8 nitrogen and oxygen atoms in total. The second kappa shape index (κ2) is 9.84. The van der Waals surface area contributed by atoms with E-state index in [0.29, 0.717) is 19.6 Å². The molecule has 0 aliphatic rings. The first-order chi connectivity index (χ1) is 9.76. The summed E-state index contributed by atoms with van der Waals surface area (Å²) in [5, 5.41) is 17.8. The van der Waals surface area contributed by atoms with Crippen molar-refractivity contribution in [2.24, 2.45) is 5.16 Å². The van der Waals surface area contributed by atoms with Gasteiger partial charge >= 0.3 is 12.1 Å². The molecule has 3 N–H and O–H groups in total. The highest BCUT2D eigenvalue weighted by Gasteiger charge is 2.23. The molecule has 1 atom stereocenters. The first-order valence-electron chi connectivity index (χ1n) is 6.85. The van der Waals surface area contributed by atoms with Crippen molar-refractivity contribution in [3.63, 3.8) is 0 Å². The topological polar surface area (TPSA) is 109 Å². The third-order valence-electron chi connectivity index (χ3n) is 2.15. The van der Waals surface area contributed by atoms with Gasteiger partial charge in [-0.05, 0) is 40.5 Å². The van der Waals surface area contributed by atoms with Crippen molar-refractivity contribution in [3.8, 4) is 0 Å². The molecule has 8 heteroatoms. The molecule has 0 saturated carbocycles. The molecular weight excluding hydrogens is 278 g/mol.